The molecule has 35 heavy (non-hydrogen) atoms. The van der Waals surface area contributed by atoms with Crippen molar-refractivity contribution in [2.45, 2.75) is 6.92 Å². The molecule has 170 valence electrons. The Morgan fingerprint density at radius 3 is 1.60 bits per heavy atom. The Morgan fingerprint density at radius 1 is 0.571 bits per heavy atom. The molecule has 4 aromatic carbocycles. The third-order valence-corrected chi connectivity index (χ3v) is 5.88. The second-order valence-corrected chi connectivity index (χ2v) is 8.26. The van der Waals surface area contributed by atoms with Gasteiger partial charge in [-0.25, -0.2) is 0 Å². The molecule has 1 aliphatic rings. The van der Waals surface area contributed by atoms with E-state index in [0.717, 1.165) is 5.56 Å². The van der Waals surface area contributed by atoms with Crippen LogP contribution in [0.3, 0.4) is 0 Å². The summed E-state index contributed by atoms with van der Waals surface area (Å²) in [6.07, 6.45) is 0. The number of anilines is 2. The second kappa shape index (κ2) is 8.83. The fraction of sp³-hybridized carbons (Fsp3) is 0.0345. The highest BCUT2D eigenvalue weighted by atomic mass is 16.2. The van der Waals surface area contributed by atoms with Gasteiger partial charge in [-0.2, -0.15) is 0 Å². The van der Waals surface area contributed by atoms with Crippen molar-refractivity contribution in [1.29, 1.82) is 0 Å². The number of carbonyl (C=O) groups is 4. The summed E-state index contributed by atoms with van der Waals surface area (Å²) in [6, 6.07) is 25.2. The fourth-order valence-corrected chi connectivity index (χ4v) is 4.21. The number of rotatable bonds is 4. The Balaban J connectivity index is 1.51. The lowest BCUT2D eigenvalue weighted by molar-refractivity contribution is 0.0977. The van der Waals surface area contributed by atoms with Gasteiger partial charge in [0.25, 0.3) is 11.8 Å². The molecule has 0 saturated heterocycles. The quantitative estimate of drug-likeness (QED) is 0.382. The summed E-state index contributed by atoms with van der Waals surface area (Å²) in [5.41, 5.74) is 2.94. The Hall–Kier alpha value is -4.84. The van der Waals surface area contributed by atoms with Crippen LogP contribution in [0, 0.1) is 6.92 Å². The van der Waals surface area contributed by atoms with Gasteiger partial charge >= 0.3 is 0 Å². The van der Waals surface area contributed by atoms with Crippen molar-refractivity contribution >= 4 is 34.8 Å². The number of aryl methyl sites for hydroxylation is 1. The van der Waals surface area contributed by atoms with E-state index in [0.29, 0.717) is 11.1 Å². The van der Waals surface area contributed by atoms with E-state index in [1.54, 1.807) is 84.9 Å². The Kier molecular flexibility index (Phi) is 5.55. The number of fused-ring (bicyclic) bond motifs is 2. The zero-order valence-corrected chi connectivity index (χ0v) is 18.8. The summed E-state index contributed by atoms with van der Waals surface area (Å²) in [7, 11) is 0. The van der Waals surface area contributed by atoms with Crippen LogP contribution < -0.4 is 10.6 Å². The molecule has 0 aliphatic heterocycles. The highest BCUT2D eigenvalue weighted by Gasteiger charge is 2.34. The van der Waals surface area contributed by atoms with Gasteiger partial charge in [0.15, 0.2) is 11.6 Å². The molecule has 0 unspecified atom stereocenters. The third-order valence-electron chi connectivity index (χ3n) is 5.88. The molecule has 0 saturated carbocycles. The lowest BCUT2D eigenvalue weighted by Crippen LogP contribution is -2.26. The van der Waals surface area contributed by atoms with Crippen LogP contribution in [0.2, 0.25) is 0 Å². The molecule has 0 heterocycles. The van der Waals surface area contributed by atoms with Crippen molar-refractivity contribution in [2.75, 3.05) is 10.6 Å². The largest absolute Gasteiger partial charge is 0.321 e. The number of amides is 2. The monoisotopic (exact) mass is 460 g/mol. The first kappa shape index (κ1) is 22.0. The molecular formula is C29H20N2O4. The normalized spacial score (nSPS) is 11.9. The summed E-state index contributed by atoms with van der Waals surface area (Å²) in [5.74, 6) is -1.56. The summed E-state index contributed by atoms with van der Waals surface area (Å²) < 4.78 is 0. The molecule has 0 spiro atoms. The van der Waals surface area contributed by atoms with E-state index in [4.69, 9.17) is 0 Å². The molecule has 6 nitrogen and oxygen atoms in total. The zero-order chi connectivity index (χ0) is 24.5. The molecular weight excluding hydrogens is 440 g/mol. The SMILES string of the molecule is Cc1cccc(C(=O)Nc2cccc3c2C(=O)c2cccc(NC(=O)c4ccccc4)c2C3=O)c1. The molecule has 5 rings (SSSR count). The molecule has 4 aromatic rings. The first-order chi connectivity index (χ1) is 16.9. The van der Waals surface area contributed by atoms with E-state index < -0.39 is 11.6 Å². The van der Waals surface area contributed by atoms with Gasteiger partial charge < -0.3 is 10.6 Å². The van der Waals surface area contributed by atoms with Crippen LogP contribution >= 0.6 is 0 Å². The van der Waals surface area contributed by atoms with Gasteiger partial charge in [-0.3, -0.25) is 19.2 Å². The minimum atomic E-state index is -0.398. The van der Waals surface area contributed by atoms with Crippen molar-refractivity contribution in [2.24, 2.45) is 0 Å². The van der Waals surface area contributed by atoms with Crippen LogP contribution in [0.5, 0.6) is 0 Å². The maximum absolute atomic E-state index is 13.5. The average Bonchev–Trinajstić information content (AvgIpc) is 2.87. The van der Waals surface area contributed by atoms with Crippen LogP contribution in [-0.4, -0.2) is 23.4 Å². The lowest BCUT2D eigenvalue weighted by atomic mass is 9.82. The molecule has 1 aliphatic carbocycles. The van der Waals surface area contributed by atoms with E-state index in [2.05, 4.69) is 10.6 Å². The van der Waals surface area contributed by atoms with Gasteiger partial charge in [-0.15, -0.1) is 0 Å². The lowest BCUT2D eigenvalue weighted by Gasteiger charge is -2.22. The molecule has 2 amide bonds. The molecule has 2 N–H and O–H groups in total. The predicted molar refractivity (Wildman–Crippen MR) is 133 cm³/mol. The number of hydrogen-bond donors (Lipinski definition) is 2. The van der Waals surface area contributed by atoms with Gasteiger partial charge in [0.05, 0.1) is 22.5 Å². The molecule has 6 heteroatoms. The van der Waals surface area contributed by atoms with Crippen molar-refractivity contribution < 1.29 is 19.2 Å². The zero-order valence-electron chi connectivity index (χ0n) is 18.8. The summed E-state index contributed by atoms with van der Waals surface area (Å²) in [5, 5.41) is 5.54. The molecule has 0 bridgehead atoms. The van der Waals surface area contributed by atoms with E-state index >= 15 is 0 Å². The van der Waals surface area contributed by atoms with Crippen molar-refractivity contribution in [3.63, 3.8) is 0 Å². The number of nitrogens with one attached hydrogen (secondary N) is 2. The summed E-state index contributed by atoms with van der Waals surface area (Å²) in [4.78, 5) is 52.6. The number of ketones is 2. The van der Waals surface area contributed by atoms with Gasteiger partial charge in [-0.1, -0.05) is 60.2 Å². The maximum Gasteiger partial charge on any atom is 0.255 e. The number of benzene rings is 4. The minimum Gasteiger partial charge on any atom is -0.321 e. The molecule has 0 radical (unpaired) electrons. The maximum atomic E-state index is 13.5. The molecule has 0 aromatic heterocycles. The Labute approximate surface area is 201 Å². The van der Waals surface area contributed by atoms with Crippen molar-refractivity contribution in [3.8, 4) is 0 Å². The summed E-state index contributed by atoms with van der Waals surface area (Å²) in [6.45, 7) is 1.88. The van der Waals surface area contributed by atoms with Crippen LogP contribution in [0.25, 0.3) is 0 Å². The molecule has 0 fully saturated rings. The second-order valence-electron chi connectivity index (χ2n) is 8.26. The number of hydrogen-bond acceptors (Lipinski definition) is 4. The highest BCUT2D eigenvalue weighted by molar-refractivity contribution is 6.32. The minimum absolute atomic E-state index is 0.136. The molecule has 0 atom stereocenters. The average molecular weight is 460 g/mol. The van der Waals surface area contributed by atoms with E-state index in [1.165, 1.54) is 0 Å². The van der Waals surface area contributed by atoms with Gasteiger partial charge in [0.2, 0.25) is 0 Å². The predicted octanol–water partition coefficient (Wildman–Crippen LogP) is 5.28. The first-order valence-corrected chi connectivity index (χ1v) is 11.0. The van der Waals surface area contributed by atoms with Crippen molar-refractivity contribution in [1.82, 2.24) is 0 Å². The van der Waals surface area contributed by atoms with Crippen LogP contribution in [0.4, 0.5) is 11.4 Å². The van der Waals surface area contributed by atoms with Crippen LogP contribution in [0.1, 0.15) is 58.1 Å². The third kappa shape index (κ3) is 4.02. The van der Waals surface area contributed by atoms with E-state index in [-0.39, 0.29) is 45.4 Å². The van der Waals surface area contributed by atoms with E-state index in [9.17, 15) is 19.2 Å². The van der Waals surface area contributed by atoms with Gasteiger partial charge in [0, 0.05) is 22.3 Å². The fourth-order valence-electron chi connectivity index (χ4n) is 4.21. The number of carbonyl (C=O) groups excluding carboxylic acids is 4. The van der Waals surface area contributed by atoms with E-state index in [1.807, 2.05) is 13.0 Å². The highest BCUT2D eigenvalue weighted by Crippen LogP contribution is 2.35. The topological polar surface area (TPSA) is 92.3 Å². The van der Waals surface area contributed by atoms with Crippen molar-refractivity contribution in [3.05, 3.63) is 130 Å². The Bertz CT molecular complexity index is 1520. The Morgan fingerprint density at radius 2 is 1.06 bits per heavy atom. The summed E-state index contributed by atoms with van der Waals surface area (Å²) >= 11 is 0. The van der Waals surface area contributed by atoms with Crippen LogP contribution in [-0.2, 0) is 0 Å². The van der Waals surface area contributed by atoms with Crippen LogP contribution in [0.15, 0.2) is 91.0 Å². The smallest absolute Gasteiger partial charge is 0.255 e. The first-order valence-electron chi connectivity index (χ1n) is 11.0. The standard InChI is InChI=1S/C29H20N2O4/c1-17-8-5-11-19(16-17)29(35)31-23-15-7-13-21-25(23)27(33)20-12-6-14-22(24(20)26(21)32)30-28(34)18-9-3-2-4-10-18/h2-16H,1H3,(H,30,34)(H,31,35). The van der Waals surface area contributed by atoms with Gasteiger partial charge in [-0.05, 0) is 43.3 Å². The van der Waals surface area contributed by atoms with Gasteiger partial charge in [0.1, 0.15) is 0 Å².